The van der Waals surface area contributed by atoms with E-state index in [2.05, 4.69) is 39.8 Å². The van der Waals surface area contributed by atoms with E-state index in [1.54, 1.807) is 0 Å². The first-order valence-corrected chi connectivity index (χ1v) is 11.0. The third-order valence-electron chi connectivity index (χ3n) is 5.33. The number of piperazine rings is 1. The molecule has 2 N–H and O–H groups in total. The lowest BCUT2D eigenvalue weighted by molar-refractivity contribution is -0.132. The highest BCUT2D eigenvalue weighted by atomic mass is 16.2. The number of nitrogens with one attached hydrogen (secondary N) is 2. The van der Waals surface area contributed by atoms with Gasteiger partial charge in [-0.05, 0) is 31.9 Å². The lowest BCUT2D eigenvalue weighted by Crippen LogP contribution is -2.54. The number of carbonyl (C=O) groups is 2. The van der Waals surface area contributed by atoms with Gasteiger partial charge in [0.1, 0.15) is 0 Å². The molecule has 31 heavy (non-hydrogen) atoms. The third-order valence-corrected chi connectivity index (χ3v) is 5.33. The Morgan fingerprint density at radius 3 is 1.87 bits per heavy atom. The predicted molar refractivity (Wildman–Crippen MR) is 124 cm³/mol. The molecule has 0 spiro atoms. The van der Waals surface area contributed by atoms with E-state index in [0.29, 0.717) is 32.7 Å². The van der Waals surface area contributed by atoms with Crippen molar-refractivity contribution in [3.63, 3.8) is 0 Å². The minimum absolute atomic E-state index is 0.0301. The molecule has 1 heterocycles. The molecule has 6 nitrogen and oxygen atoms in total. The Morgan fingerprint density at radius 1 is 0.871 bits per heavy atom. The molecule has 166 valence electrons. The number of carbonyl (C=O) groups excluding carboxylic acids is 2. The SMILES string of the molecule is CC(C)(C)NC(=O)CN1CCN(C(=O)CNC(c2ccccc2)c2ccccc2)CC1. The number of amides is 2. The van der Waals surface area contributed by atoms with E-state index in [0.717, 1.165) is 11.1 Å². The summed E-state index contributed by atoms with van der Waals surface area (Å²) < 4.78 is 0. The van der Waals surface area contributed by atoms with Gasteiger partial charge in [-0.25, -0.2) is 0 Å². The van der Waals surface area contributed by atoms with Crippen molar-refractivity contribution in [1.29, 1.82) is 0 Å². The zero-order valence-corrected chi connectivity index (χ0v) is 18.8. The summed E-state index contributed by atoms with van der Waals surface area (Å²) in [5, 5.41) is 6.44. The fraction of sp³-hybridized carbons (Fsp3) is 0.440. The van der Waals surface area contributed by atoms with Crippen LogP contribution in [0.15, 0.2) is 60.7 Å². The van der Waals surface area contributed by atoms with E-state index >= 15 is 0 Å². The number of benzene rings is 2. The van der Waals surface area contributed by atoms with Crippen molar-refractivity contribution < 1.29 is 9.59 Å². The molecule has 0 unspecified atom stereocenters. The molecular formula is C25H34N4O2. The van der Waals surface area contributed by atoms with Crippen LogP contribution in [0.3, 0.4) is 0 Å². The van der Waals surface area contributed by atoms with E-state index in [-0.39, 0.29) is 29.9 Å². The molecule has 0 radical (unpaired) electrons. The molecule has 0 atom stereocenters. The number of rotatable bonds is 7. The Hall–Kier alpha value is -2.70. The standard InChI is InChI=1S/C25H34N4O2/c1-25(2,3)27-22(30)19-28-14-16-29(17-15-28)23(31)18-26-24(20-10-6-4-7-11-20)21-12-8-5-9-13-21/h4-13,24,26H,14-19H2,1-3H3,(H,27,30). The number of nitrogens with zero attached hydrogens (tertiary/aromatic N) is 2. The van der Waals surface area contributed by atoms with Crippen LogP contribution >= 0.6 is 0 Å². The van der Waals surface area contributed by atoms with Gasteiger partial charge in [0.15, 0.2) is 0 Å². The molecule has 0 saturated carbocycles. The molecule has 1 saturated heterocycles. The van der Waals surface area contributed by atoms with Crippen LogP contribution < -0.4 is 10.6 Å². The summed E-state index contributed by atoms with van der Waals surface area (Å²) in [6, 6.07) is 20.4. The largest absolute Gasteiger partial charge is 0.350 e. The lowest BCUT2D eigenvalue weighted by atomic mass is 9.99. The second-order valence-electron chi connectivity index (χ2n) is 9.09. The van der Waals surface area contributed by atoms with E-state index in [1.807, 2.05) is 62.1 Å². The number of hydrogen-bond donors (Lipinski definition) is 2. The quantitative estimate of drug-likeness (QED) is 0.719. The van der Waals surface area contributed by atoms with Crippen LogP contribution in [-0.4, -0.2) is 66.4 Å². The van der Waals surface area contributed by atoms with Gasteiger partial charge in [-0.15, -0.1) is 0 Å². The highest BCUT2D eigenvalue weighted by Crippen LogP contribution is 2.21. The van der Waals surface area contributed by atoms with Crippen molar-refractivity contribution in [1.82, 2.24) is 20.4 Å². The smallest absolute Gasteiger partial charge is 0.236 e. The van der Waals surface area contributed by atoms with Gasteiger partial charge < -0.3 is 10.2 Å². The van der Waals surface area contributed by atoms with E-state index in [1.165, 1.54) is 0 Å². The highest BCUT2D eigenvalue weighted by molar-refractivity contribution is 5.79. The van der Waals surface area contributed by atoms with Crippen LogP contribution in [-0.2, 0) is 9.59 Å². The summed E-state index contributed by atoms with van der Waals surface area (Å²) in [5.74, 6) is 0.123. The van der Waals surface area contributed by atoms with Crippen LogP contribution in [0.1, 0.15) is 37.9 Å². The van der Waals surface area contributed by atoms with E-state index in [4.69, 9.17) is 0 Å². The van der Waals surface area contributed by atoms with Gasteiger partial charge in [0, 0.05) is 31.7 Å². The molecule has 1 aliphatic rings. The Balaban J connectivity index is 1.51. The van der Waals surface area contributed by atoms with Crippen LogP contribution in [0.4, 0.5) is 0 Å². The van der Waals surface area contributed by atoms with Crippen molar-refractivity contribution in [2.75, 3.05) is 39.3 Å². The summed E-state index contributed by atoms with van der Waals surface area (Å²) in [4.78, 5) is 29.0. The maximum absolute atomic E-state index is 12.8. The van der Waals surface area contributed by atoms with Gasteiger partial charge in [-0.3, -0.25) is 19.8 Å². The topological polar surface area (TPSA) is 64.7 Å². The molecule has 2 aromatic carbocycles. The Labute approximate surface area is 185 Å². The molecule has 0 aromatic heterocycles. The molecule has 1 fully saturated rings. The first-order chi connectivity index (χ1) is 14.8. The number of hydrogen-bond acceptors (Lipinski definition) is 4. The molecule has 6 heteroatoms. The zero-order valence-electron chi connectivity index (χ0n) is 18.8. The molecule has 3 rings (SSSR count). The van der Waals surface area contributed by atoms with Crippen molar-refractivity contribution in [3.8, 4) is 0 Å². The predicted octanol–water partition coefficient (Wildman–Crippen LogP) is 2.42. The van der Waals surface area contributed by atoms with Crippen LogP contribution in [0.25, 0.3) is 0 Å². The van der Waals surface area contributed by atoms with Crippen molar-refractivity contribution >= 4 is 11.8 Å². The van der Waals surface area contributed by atoms with E-state index in [9.17, 15) is 9.59 Å². The Bertz CT molecular complexity index is 801. The summed E-state index contributed by atoms with van der Waals surface area (Å²) in [6.07, 6.45) is 0. The highest BCUT2D eigenvalue weighted by Gasteiger charge is 2.24. The second-order valence-corrected chi connectivity index (χ2v) is 9.09. The third kappa shape index (κ3) is 7.19. The summed E-state index contributed by atoms with van der Waals surface area (Å²) in [7, 11) is 0. The normalized spacial score (nSPS) is 15.2. The van der Waals surface area contributed by atoms with Crippen LogP contribution in [0, 0.1) is 0 Å². The van der Waals surface area contributed by atoms with Crippen molar-refractivity contribution in [2.24, 2.45) is 0 Å². The maximum Gasteiger partial charge on any atom is 0.236 e. The second kappa shape index (κ2) is 10.6. The molecule has 2 aromatic rings. The molecule has 1 aliphatic heterocycles. The minimum atomic E-state index is -0.228. The molecule has 0 aliphatic carbocycles. The van der Waals surface area contributed by atoms with Gasteiger partial charge in [0.2, 0.25) is 11.8 Å². The van der Waals surface area contributed by atoms with Crippen LogP contribution in [0.5, 0.6) is 0 Å². The van der Waals surface area contributed by atoms with Gasteiger partial charge in [-0.1, -0.05) is 60.7 Å². The van der Waals surface area contributed by atoms with Gasteiger partial charge in [-0.2, -0.15) is 0 Å². The zero-order chi connectivity index (χ0) is 22.3. The van der Waals surface area contributed by atoms with Gasteiger partial charge in [0.25, 0.3) is 0 Å². The minimum Gasteiger partial charge on any atom is -0.350 e. The summed E-state index contributed by atoms with van der Waals surface area (Å²) in [6.45, 7) is 9.30. The van der Waals surface area contributed by atoms with Crippen molar-refractivity contribution in [2.45, 2.75) is 32.4 Å². The van der Waals surface area contributed by atoms with Gasteiger partial charge >= 0.3 is 0 Å². The fourth-order valence-corrected chi connectivity index (χ4v) is 3.84. The molecule has 0 bridgehead atoms. The average molecular weight is 423 g/mol. The van der Waals surface area contributed by atoms with Crippen LogP contribution in [0.2, 0.25) is 0 Å². The summed E-state index contributed by atoms with van der Waals surface area (Å²) >= 11 is 0. The summed E-state index contributed by atoms with van der Waals surface area (Å²) in [5.41, 5.74) is 2.04. The molecule has 2 amide bonds. The fourth-order valence-electron chi connectivity index (χ4n) is 3.84. The first kappa shape index (κ1) is 23.0. The first-order valence-electron chi connectivity index (χ1n) is 11.0. The Morgan fingerprint density at radius 2 is 1.39 bits per heavy atom. The molecular weight excluding hydrogens is 388 g/mol. The Kier molecular flexibility index (Phi) is 7.82. The monoisotopic (exact) mass is 422 g/mol. The van der Waals surface area contributed by atoms with E-state index < -0.39 is 0 Å². The lowest BCUT2D eigenvalue weighted by Gasteiger charge is -2.35. The van der Waals surface area contributed by atoms with Crippen molar-refractivity contribution in [3.05, 3.63) is 71.8 Å². The maximum atomic E-state index is 12.8. The van der Waals surface area contributed by atoms with Gasteiger partial charge in [0.05, 0.1) is 19.1 Å². The average Bonchev–Trinajstić information content (AvgIpc) is 2.74.